The number of nitrogens with zero attached hydrogens (tertiary/aromatic N) is 4. The molecular weight excluding hydrogens is 406 g/mol. The van der Waals surface area contributed by atoms with Crippen molar-refractivity contribution in [1.29, 1.82) is 0 Å². The minimum atomic E-state index is -0.731. The van der Waals surface area contributed by atoms with E-state index in [4.69, 9.17) is 4.74 Å². The lowest BCUT2D eigenvalue weighted by Crippen LogP contribution is -2.24. The SMILES string of the molecule is OC[C@H]1OC(n2cnc3c(Nc4cc5ccccc5c5ccccc45)ncnc32)C[C@@H]1O. The highest BCUT2D eigenvalue weighted by molar-refractivity contribution is 6.13. The second-order valence-electron chi connectivity index (χ2n) is 7.98. The fourth-order valence-electron chi connectivity index (χ4n) is 4.49. The van der Waals surface area contributed by atoms with Gasteiger partial charge in [-0.3, -0.25) is 4.57 Å². The van der Waals surface area contributed by atoms with Crippen LogP contribution in [0, 0.1) is 0 Å². The van der Waals surface area contributed by atoms with Crippen LogP contribution in [0.2, 0.25) is 0 Å². The molecule has 6 rings (SSSR count). The van der Waals surface area contributed by atoms with Crippen molar-refractivity contribution < 1.29 is 14.9 Å². The number of anilines is 2. The third-order valence-electron chi connectivity index (χ3n) is 6.07. The largest absolute Gasteiger partial charge is 0.394 e. The maximum atomic E-state index is 10.1. The molecule has 3 N–H and O–H groups in total. The third-order valence-corrected chi connectivity index (χ3v) is 6.07. The standard InChI is InChI=1S/C24H21N5O3/c30-11-20-19(31)10-21(32-20)29-13-27-22-23(25-12-26-24(22)29)28-18-9-14-5-1-2-6-15(14)16-7-3-4-8-17(16)18/h1-9,12-13,19-21,30-31H,10-11H2,(H,25,26,28)/t19-,20+,21?/m0/s1. The average molecular weight is 427 g/mol. The Bertz CT molecular complexity index is 1450. The Morgan fingerprint density at radius 1 is 1.00 bits per heavy atom. The van der Waals surface area contributed by atoms with E-state index in [0.29, 0.717) is 23.4 Å². The monoisotopic (exact) mass is 427 g/mol. The van der Waals surface area contributed by atoms with Crippen molar-refractivity contribution in [3.05, 3.63) is 67.3 Å². The fourth-order valence-corrected chi connectivity index (χ4v) is 4.49. The van der Waals surface area contributed by atoms with Gasteiger partial charge in [0, 0.05) is 17.5 Å². The Kier molecular flexibility index (Phi) is 4.50. The van der Waals surface area contributed by atoms with E-state index in [2.05, 4.69) is 50.6 Å². The number of hydrogen-bond donors (Lipinski definition) is 3. The van der Waals surface area contributed by atoms with Gasteiger partial charge in [0.25, 0.3) is 0 Å². The minimum Gasteiger partial charge on any atom is -0.394 e. The first-order valence-electron chi connectivity index (χ1n) is 10.5. The van der Waals surface area contributed by atoms with Gasteiger partial charge in [0.15, 0.2) is 17.0 Å². The maximum Gasteiger partial charge on any atom is 0.167 e. The Labute approximate surface area is 183 Å². The maximum absolute atomic E-state index is 10.1. The summed E-state index contributed by atoms with van der Waals surface area (Å²) in [4.78, 5) is 13.4. The fraction of sp³-hybridized carbons (Fsp3) is 0.208. The number of aliphatic hydroxyl groups is 2. The first kappa shape index (κ1) is 19.1. The lowest BCUT2D eigenvalue weighted by Gasteiger charge is -2.14. The number of imidazole rings is 1. The number of rotatable bonds is 4. The summed E-state index contributed by atoms with van der Waals surface area (Å²) in [5.74, 6) is 0.589. The van der Waals surface area contributed by atoms with Crippen molar-refractivity contribution in [1.82, 2.24) is 19.5 Å². The number of hydrogen-bond acceptors (Lipinski definition) is 7. The van der Waals surface area contributed by atoms with Crippen LogP contribution >= 0.6 is 0 Å². The van der Waals surface area contributed by atoms with E-state index < -0.39 is 18.4 Å². The highest BCUT2D eigenvalue weighted by Crippen LogP contribution is 2.35. The van der Waals surface area contributed by atoms with Gasteiger partial charge in [0.2, 0.25) is 0 Å². The second-order valence-corrected chi connectivity index (χ2v) is 7.98. The number of ether oxygens (including phenoxy) is 1. The third kappa shape index (κ3) is 3.00. The molecule has 3 atom stereocenters. The molecule has 1 saturated heterocycles. The zero-order valence-corrected chi connectivity index (χ0v) is 17.1. The van der Waals surface area contributed by atoms with E-state index in [0.717, 1.165) is 21.8 Å². The second kappa shape index (κ2) is 7.52. The van der Waals surface area contributed by atoms with Crippen molar-refractivity contribution in [2.45, 2.75) is 24.9 Å². The van der Waals surface area contributed by atoms with Crippen molar-refractivity contribution in [2.24, 2.45) is 0 Å². The molecule has 0 aliphatic carbocycles. The molecule has 160 valence electrons. The molecule has 1 aliphatic rings. The lowest BCUT2D eigenvalue weighted by atomic mass is 10.0. The van der Waals surface area contributed by atoms with Crippen LogP contribution in [-0.2, 0) is 4.74 Å². The predicted octanol–water partition coefficient (Wildman–Crippen LogP) is 3.52. The summed E-state index contributed by atoms with van der Waals surface area (Å²) in [6.45, 7) is -0.235. The van der Waals surface area contributed by atoms with Gasteiger partial charge in [0.1, 0.15) is 18.7 Å². The first-order chi connectivity index (χ1) is 15.7. The number of fused-ring (bicyclic) bond motifs is 4. The van der Waals surface area contributed by atoms with Crippen molar-refractivity contribution in [3.8, 4) is 0 Å². The Morgan fingerprint density at radius 3 is 2.59 bits per heavy atom. The smallest absolute Gasteiger partial charge is 0.167 e. The van der Waals surface area contributed by atoms with Gasteiger partial charge in [-0.2, -0.15) is 0 Å². The van der Waals surface area contributed by atoms with E-state index in [1.54, 1.807) is 10.9 Å². The van der Waals surface area contributed by atoms with Crippen molar-refractivity contribution >= 4 is 44.2 Å². The molecule has 0 bridgehead atoms. The Balaban J connectivity index is 1.44. The van der Waals surface area contributed by atoms with E-state index in [1.807, 2.05) is 24.3 Å². The number of aromatic nitrogens is 4. The molecule has 1 unspecified atom stereocenters. The van der Waals surface area contributed by atoms with E-state index in [9.17, 15) is 10.2 Å². The summed E-state index contributed by atoms with van der Waals surface area (Å²) >= 11 is 0. The van der Waals surface area contributed by atoms with Crippen LogP contribution in [-0.4, -0.2) is 48.5 Å². The van der Waals surface area contributed by atoms with Crippen LogP contribution in [0.3, 0.4) is 0 Å². The summed E-state index contributed by atoms with van der Waals surface area (Å²) in [6, 6.07) is 18.7. The van der Waals surface area contributed by atoms with Crippen LogP contribution in [0.15, 0.2) is 67.3 Å². The topological polar surface area (TPSA) is 105 Å². The van der Waals surface area contributed by atoms with Gasteiger partial charge in [-0.1, -0.05) is 48.5 Å². The summed E-state index contributed by atoms with van der Waals surface area (Å²) in [7, 11) is 0. The van der Waals surface area contributed by atoms with E-state index >= 15 is 0 Å². The molecule has 1 aliphatic heterocycles. The highest BCUT2D eigenvalue weighted by atomic mass is 16.5. The van der Waals surface area contributed by atoms with Crippen LogP contribution < -0.4 is 5.32 Å². The minimum absolute atomic E-state index is 0.235. The van der Waals surface area contributed by atoms with E-state index in [1.165, 1.54) is 11.7 Å². The quantitative estimate of drug-likeness (QED) is 0.377. The molecule has 0 radical (unpaired) electrons. The van der Waals surface area contributed by atoms with Crippen LogP contribution in [0.1, 0.15) is 12.6 Å². The van der Waals surface area contributed by atoms with Gasteiger partial charge in [-0.25, -0.2) is 15.0 Å². The van der Waals surface area contributed by atoms with Crippen LogP contribution in [0.25, 0.3) is 32.7 Å². The highest BCUT2D eigenvalue weighted by Gasteiger charge is 2.35. The van der Waals surface area contributed by atoms with Gasteiger partial charge in [-0.05, 0) is 22.2 Å². The molecule has 0 spiro atoms. The summed E-state index contributed by atoms with van der Waals surface area (Å²) < 4.78 is 7.56. The molecule has 8 nitrogen and oxygen atoms in total. The van der Waals surface area contributed by atoms with Crippen LogP contribution in [0.5, 0.6) is 0 Å². The van der Waals surface area contributed by atoms with Crippen LogP contribution in [0.4, 0.5) is 11.5 Å². The molecular formula is C24H21N5O3. The van der Waals surface area contributed by atoms with E-state index in [-0.39, 0.29) is 6.61 Å². The molecule has 8 heteroatoms. The van der Waals surface area contributed by atoms with Crippen molar-refractivity contribution in [2.75, 3.05) is 11.9 Å². The Morgan fingerprint density at radius 2 is 1.78 bits per heavy atom. The molecule has 32 heavy (non-hydrogen) atoms. The molecule has 5 aromatic rings. The van der Waals surface area contributed by atoms with Crippen molar-refractivity contribution in [3.63, 3.8) is 0 Å². The predicted molar refractivity (Wildman–Crippen MR) is 122 cm³/mol. The molecule has 0 amide bonds. The lowest BCUT2D eigenvalue weighted by molar-refractivity contribution is -0.0432. The number of benzene rings is 3. The molecule has 0 saturated carbocycles. The molecule has 1 fully saturated rings. The first-order valence-corrected chi connectivity index (χ1v) is 10.5. The molecule has 3 aromatic carbocycles. The zero-order valence-electron chi connectivity index (χ0n) is 17.1. The summed E-state index contributed by atoms with van der Waals surface area (Å²) in [6.07, 6.45) is 1.70. The average Bonchev–Trinajstić information content (AvgIpc) is 3.43. The van der Waals surface area contributed by atoms with Gasteiger partial charge < -0.3 is 20.3 Å². The normalized spacial score (nSPS) is 21.0. The number of aliphatic hydroxyl groups excluding tert-OH is 2. The molecule has 3 heterocycles. The molecule has 2 aromatic heterocycles. The Hall–Kier alpha value is -3.59. The summed E-state index contributed by atoms with van der Waals surface area (Å²) in [5.41, 5.74) is 2.14. The van der Waals surface area contributed by atoms with Gasteiger partial charge in [-0.15, -0.1) is 0 Å². The van der Waals surface area contributed by atoms with Gasteiger partial charge >= 0.3 is 0 Å². The number of nitrogens with one attached hydrogen (secondary N) is 1. The summed E-state index contributed by atoms with van der Waals surface area (Å²) in [5, 5.41) is 27.5. The van der Waals surface area contributed by atoms with Gasteiger partial charge in [0.05, 0.1) is 19.0 Å². The zero-order chi connectivity index (χ0) is 21.7.